The molecule has 1 fully saturated rings. The van der Waals surface area contributed by atoms with Gasteiger partial charge in [-0.3, -0.25) is 9.78 Å². The molecule has 0 saturated heterocycles. The summed E-state index contributed by atoms with van der Waals surface area (Å²) in [6.45, 7) is 1.83. The molecule has 20 heavy (non-hydrogen) atoms. The van der Waals surface area contributed by atoms with E-state index in [1.165, 1.54) is 12.3 Å². The normalized spacial score (nSPS) is 14.1. The number of aryl methyl sites for hydroxylation is 1. The molecule has 1 saturated carbocycles. The van der Waals surface area contributed by atoms with Crippen molar-refractivity contribution in [3.8, 4) is 0 Å². The molecule has 3 nitrogen and oxygen atoms in total. The van der Waals surface area contributed by atoms with Crippen molar-refractivity contribution < 1.29 is 9.18 Å². The molecular formula is C16H15FN2O. The Labute approximate surface area is 117 Å². The van der Waals surface area contributed by atoms with Crippen molar-refractivity contribution in [3.05, 3.63) is 59.7 Å². The molecule has 1 heterocycles. The molecule has 0 spiro atoms. The molecule has 3 rings (SSSR count). The summed E-state index contributed by atoms with van der Waals surface area (Å²) >= 11 is 0. The third-order valence-corrected chi connectivity index (χ3v) is 3.40. The standard InChI is InChI=1S/C16H15FN2O/c1-11-4-7-15(14(17)9-11)19(13-5-6-13)16(20)12-3-2-8-18-10-12/h2-4,7-10,13H,5-6H2,1H3. The fourth-order valence-corrected chi connectivity index (χ4v) is 2.24. The summed E-state index contributed by atoms with van der Waals surface area (Å²) in [4.78, 5) is 18.1. The number of nitrogens with zero attached hydrogens (tertiary/aromatic N) is 2. The van der Waals surface area contributed by atoms with Crippen LogP contribution in [0.25, 0.3) is 0 Å². The minimum absolute atomic E-state index is 0.0971. The third kappa shape index (κ3) is 2.41. The molecule has 0 bridgehead atoms. The molecule has 1 aliphatic rings. The highest BCUT2D eigenvalue weighted by Gasteiger charge is 2.35. The highest BCUT2D eigenvalue weighted by atomic mass is 19.1. The molecule has 1 aliphatic carbocycles. The maximum absolute atomic E-state index is 14.2. The van der Waals surface area contributed by atoms with Crippen LogP contribution in [0.1, 0.15) is 28.8 Å². The number of carbonyl (C=O) groups is 1. The monoisotopic (exact) mass is 270 g/mol. The number of carbonyl (C=O) groups excluding carboxylic acids is 1. The fraction of sp³-hybridized carbons (Fsp3) is 0.250. The highest BCUT2D eigenvalue weighted by Crippen LogP contribution is 2.34. The highest BCUT2D eigenvalue weighted by molar-refractivity contribution is 6.06. The second-order valence-electron chi connectivity index (χ2n) is 5.10. The van der Waals surface area contributed by atoms with Gasteiger partial charge >= 0.3 is 0 Å². The van der Waals surface area contributed by atoms with Gasteiger partial charge < -0.3 is 4.90 Å². The Morgan fingerprint density at radius 2 is 2.15 bits per heavy atom. The largest absolute Gasteiger partial charge is 0.302 e. The van der Waals surface area contributed by atoms with Crippen molar-refractivity contribution in [2.24, 2.45) is 0 Å². The van der Waals surface area contributed by atoms with Gasteiger partial charge in [-0.2, -0.15) is 0 Å². The molecule has 0 atom stereocenters. The first-order valence-electron chi connectivity index (χ1n) is 6.66. The first-order valence-corrected chi connectivity index (χ1v) is 6.66. The van der Waals surface area contributed by atoms with Crippen LogP contribution in [-0.4, -0.2) is 16.9 Å². The number of rotatable bonds is 3. The van der Waals surface area contributed by atoms with E-state index >= 15 is 0 Å². The van der Waals surface area contributed by atoms with E-state index < -0.39 is 0 Å². The molecule has 2 aromatic rings. The second-order valence-corrected chi connectivity index (χ2v) is 5.10. The number of hydrogen-bond acceptors (Lipinski definition) is 2. The van der Waals surface area contributed by atoms with Crippen molar-refractivity contribution in [2.75, 3.05) is 4.90 Å². The quantitative estimate of drug-likeness (QED) is 0.857. The first-order chi connectivity index (χ1) is 9.66. The predicted molar refractivity (Wildman–Crippen MR) is 75.2 cm³/mol. The van der Waals surface area contributed by atoms with Crippen molar-refractivity contribution in [2.45, 2.75) is 25.8 Å². The Balaban J connectivity index is 1.99. The van der Waals surface area contributed by atoms with Gasteiger partial charge in [0.05, 0.1) is 11.3 Å². The van der Waals surface area contributed by atoms with E-state index in [2.05, 4.69) is 4.98 Å². The summed E-state index contributed by atoms with van der Waals surface area (Å²) in [5.41, 5.74) is 1.68. The molecule has 0 N–H and O–H groups in total. The van der Waals surface area contributed by atoms with E-state index in [0.29, 0.717) is 11.3 Å². The van der Waals surface area contributed by atoms with E-state index in [4.69, 9.17) is 0 Å². The molecule has 1 amide bonds. The Morgan fingerprint density at radius 1 is 1.35 bits per heavy atom. The van der Waals surface area contributed by atoms with Gasteiger partial charge in [0.25, 0.3) is 5.91 Å². The van der Waals surface area contributed by atoms with Gasteiger partial charge in [0.2, 0.25) is 0 Å². The lowest BCUT2D eigenvalue weighted by Gasteiger charge is -2.23. The molecule has 1 aromatic heterocycles. The number of aromatic nitrogens is 1. The van der Waals surface area contributed by atoms with Crippen LogP contribution in [0.2, 0.25) is 0 Å². The maximum Gasteiger partial charge on any atom is 0.260 e. The zero-order valence-corrected chi connectivity index (χ0v) is 11.2. The summed E-state index contributed by atoms with van der Waals surface area (Å²) in [6.07, 6.45) is 4.97. The Kier molecular flexibility index (Phi) is 3.22. The van der Waals surface area contributed by atoms with E-state index in [1.54, 1.807) is 29.3 Å². The van der Waals surface area contributed by atoms with Gasteiger partial charge in [0.15, 0.2) is 0 Å². The van der Waals surface area contributed by atoms with Crippen molar-refractivity contribution >= 4 is 11.6 Å². The second kappa shape index (κ2) is 5.04. The average molecular weight is 270 g/mol. The summed E-state index contributed by atoms with van der Waals surface area (Å²) in [5.74, 6) is -0.544. The number of anilines is 1. The van der Waals surface area contributed by atoms with E-state index in [1.807, 2.05) is 13.0 Å². The summed E-state index contributed by atoms with van der Waals surface area (Å²) in [6, 6.07) is 8.48. The molecule has 0 aliphatic heterocycles. The van der Waals surface area contributed by atoms with Crippen LogP contribution in [0.3, 0.4) is 0 Å². The average Bonchev–Trinajstić information content (AvgIpc) is 3.27. The van der Waals surface area contributed by atoms with Crippen LogP contribution in [0.15, 0.2) is 42.7 Å². The number of benzene rings is 1. The van der Waals surface area contributed by atoms with Gasteiger partial charge in [0, 0.05) is 18.4 Å². The summed E-state index contributed by atoms with van der Waals surface area (Å²) < 4.78 is 14.2. The van der Waals surface area contributed by atoms with Crippen LogP contribution < -0.4 is 4.90 Å². The van der Waals surface area contributed by atoms with Crippen LogP contribution in [-0.2, 0) is 0 Å². The van der Waals surface area contributed by atoms with Gasteiger partial charge in [-0.15, -0.1) is 0 Å². The lowest BCUT2D eigenvalue weighted by molar-refractivity contribution is 0.0984. The zero-order valence-electron chi connectivity index (χ0n) is 11.2. The maximum atomic E-state index is 14.2. The minimum Gasteiger partial charge on any atom is -0.302 e. The zero-order chi connectivity index (χ0) is 14.1. The smallest absolute Gasteiger partial charge is 0.260 e. The molecule has 0 radical (unpaired) electrons. The molecule has 102 valence electrons. The number of hydrogen-bond donors (Lipinski definition) is 0. The Bertz CT molecular complexity index is 638. The SMILES string of the molecule is Cc1ccc(N(C(=O)c2cccnc2)C2CC2)c(F)c1. The predicted octanol–water partition coefficient (Wildman–Crippen LogP) is 3.34. The van der Waals surface area contributed by atoms with Gasteiger partial charge in [-0.05, 0) is 49.6 Å². The number of amides is 1. The molecule has 1 aromatic carbocycles. The van der Waals surface area contributed by atoms with Crippen LogP contribution in [0.4, 0.5) is 10.1 Å². The van der Waals surface area contributed by atoms with Gasteiger partial charge in [-0.1, -0.05) is 6.07 Å². The Hall–Kier alpha value is -2.23. The molecular weight excluding hydrogens is 255 g/mol. The van der Waals surface area contributed by atoms with Crippen LogP contribution >= 0.6 is 0 Å². The molecule has 4 heteroatoms. The van der Waals surface area contributed by atoms with Crippen molar-refractivity contribution in [1.29, 1.82) is 0 Å². The number of pyridine rings is 1. The van der Waals surface area contributed by atoms with Crippen molar-refractivity contribution in [3.63, 3.8) is 0 Å². The van der Waals surface area contributed by atoms with E-state index in [-0.39, 0.29) is 17.8 Å². The first kappa shape index (κ1) is 12.8. The molecule has 0 unspecified atom stereocenters. The number of halogens is 1. The van der Waals surface area contributed by atoms with Gasteiger partial charge in [0.1, 0.15) is 5.82 Å². The minimum atomic E-state index is -0.353. The van der Waals surface area contributed by atoms with Gasteiger partial charge in [-0.25, -0.2) is 4.39 Å². The summed E-state index contributed by atoms with van der Waals surface area (Å²) in [5, 5.41) is 0. The van der Waals surface area contributed by atoms with Crippen molar-refractivity contribution in [1.82, 2.24) is 4.98 Å². The lowest BCUT2D eigenvalue weighted by Crippen LogP contribution is -2.33. The van der Waals surface area contributed by atoms with Crippen LogP contribution in [0.5, 0.6) is 0 Å². The summed E-state index contributed by atoms with van der Waals surface area (Å²) in [7, 11) is 0. The Morgan fingerprint density at radius 3 is 2.75 bits per heavy atom. The lowest BCUT2D eigenvalue weighted by atomic mass is 10.1. The van der Waals surface area contributed by atoms with E-state index in [9.17, 15) is 9.18 Å². The fourth-order valence-electron chi connectivity index (χ4n) is 2.24. The topological polar surface area (TPSA) is 33.2 Å². The third-order valence-electron chi connectivity index (χ3n) is 3.40. The van der Waals surface area contributed by atoms with E-state index in [0.717, 1.165) is 18.4 Å². The van der Waals surface area contributed by atoms with Crippen LogP contribution in [0, 0.1) is 12.7 Å².